The number of phenols is 1. The maximum absolute atomic E-state index is 12.4. The number of hydrogen-bond donors (Lipinski definition) is 1. The first kappa shape index (κ1) is 18.9. The lowest BCUT2D eigenvalue weighted by Gasteiger charge is -2.20. The van der Waals surface area contributed by atoms with Crippen LogP contribution in [0.4, 0.5) is 4.79 Å². The summed E-state index contributed by atoms with van der Waals surface area (Å²) < 4.78 is 11.2. The zero-order chi connectivity index (χ0) is 20.2. The molecule has 0 fully saturated rings. The van der Waals surface area contributed by atoms with Gasteiger partial charge in [-0.1, -0.05) is 48.5 Å². The lowest BCUT2D eigenvalue weighted by atomic mass is 9.98. The Morgan fingerprint density at radius 1 is 0.931 bits per heavy atom. The van der Waals surface area contributed by atoms with E-state index in [1.807, 2.05) is 24.3 Å². The molecule has 0 spiro atoms. The summed E-state index contributed by atoms with van der Waals surface area (Å²) in [5.74, 6) is 0.879. The fourth-order valence-corrected chi connectivity index (χ4v) is 3.64. The van der Waals surface area contributed by atoms with E-state index in [9.17, 15) is 9.90 Å². The number of fused-ring (bicyclic) bond motifs is 3. The van der Waals surface area contributed by atoms with Gasteiger partial charge in [0.25, 0.3) is 0 Å². The highest BCUT2D eigenvalue weighted by atomic mass is 16.6. The highest BCUT2D eigenvalue weighted by Gasteiger charge is 2.29. The second-order valence-electron chi connectivity index (χ2n) is 7.07. The van der Waals surface area contributed by atoms with Gasteiger partial charge in [-0.25, -0.2) is 4.79 Å². The molecule has 0 saturated carbocycles. The molecule has 5 heteroatoms. The minimum absolute atomic E-state index is 0.0491. The van der Waals surface area contributed by atoms with Crippen molar-refractivity contribution in [1.29, 1.82) is 0 Å². The number of ether oxygens (including phenoxy) is 2. The lowest BCUT2D eigenvalue weighted by molar-refractivity contribution is 0.103. The fourth-order valence-electron chi connectivity index (χ4n) is 3.64. The van der Waals surface area contributed by atoms with Crippen molar-refractivity contribution in [2.75, 3.05) is 26.8 Å². The van der Waals surface area contributed by atoms with Crippen molar-refractivity contribution in [2.24, 2.45) is 0 Å². The van der Waals surface area contributed by atoms with E-state index in [1.165, 1.54) is 27.2 Å². The van der Waals surface area contributed by atoms with Crippen LogP contribution in [-0.2, 0) is 4.74 Å². The molecular weight excluding hydrogens is 366 g/mol. The first-order valence-corrected chi connectivity index (χ1v) is 9.61. The second-order valence-corrected chi connectivity index (χ2v) is 7.07. The minimum atomic E-state index is -0.374. The van der Waals surface area contributed by atoms with Gasteiger partial charge in [-0.15, -0.1) is 0 Å². The Morgan fingerprint density at radius 2 is 1.52 bits per heavy atom. The predicted molar refractivity (Wildman–Crippen MR) is 111 cm³/mol. The van der Waals surface area contributed by atoms with E-state index in [-0.39, 0.29) is 17.8 Å². The summed E-state index contributed by atoms with van der Waals surface area (Å²) in [5.41, 5.74) is 4.80. The van der Waals surface area contributed by atoms with Crippen LogP contribution in [0.15, 0.2) is 72.8 Å². The number of nitrogens with zero attached hydrogens (tertiary/aromatic N) is 1. The first-order chi connectivity index (χ1) is 14.1. The van der Waals surface area contributed by atoms with Crippen LogP contribution in [-0.4, -0.2) is 42.9 Å². The number of likely N-dealkylation sites (N-methyl/N-ethyl adjacent to an activating group) is 1. The molecule has 148 valence electrons. The molecule has 1 aliphatic carbocycles. The maximum atomic E-state index is 12.4. The third-order valence-corrected chi connectivity index (χ3v) is 5.18. The minimum Gasteiger partial charge on any atom is -0.508 e. The molecule has 1 amide bonds. The molecule has 3 aromatic carbocycles. The van der Waals surface area contributed by atoms with Gasteiger partial charge < -0.3 is 19.5 Å². The Balaban J connectivity index is 1.33. The van der Waals surface area contributed by atoms with E-state index in [1.54, 1.807) is 31.3 Å². The predicted octanol–water partition coefficient (Wildman–Crippen LogP) is 4.65. The van der Waals surface area contributed by atoms with Crippen LogP contribution < -0.4 is 4.74 Å². The van der Waals surface area contributed by atoms with Crippen molar-refractivity contribution in [2.45, 2.75) is 5.92 Å². The van der Waals surface area contributed by atoms with Gasteiger partial charge in [0.05, 0.1) is 6.54 Å². The number of benzene rings is 3. The number of phenolic OH excluding ortho intramolecular Hbond substituents is 1. The quantitative estimate of drug-likeness (QED) is 0.667. The first-order valence-electron chi connectivity index (χ1n) is 9.61. The largest absolute Gasteiger partial charge is 0.508 e. The van der Waals surface area contributed by atoms with E-state index >= 15 is 0 Å². The van der Waals surface area contributed by atoms with Gasteiger partial charge >= 0.3 is 6.09 Å². The van der Waals surface area contributed by atoms with Crippen molar-refractivity contribution < 1.29 is 19.4 Å². The van der Waals surface area contributed by atoms with E-state index in [0.29, 0.717) is 25.5 Å². The van der Waals surface area contributed by atoms with Crippen LogP contribution in [0.25, 0.3) is 11.1 Å². The Kier molecular flexibility index (Phi) is 5.38. The number of hydrogen-bond acceptors (Lipinski definition) is 4. The zero-order valence-electron chi connectivity index (χ0n) is 16.2. The molecule has 0 atom stereocenters. The van der Waals surface area contributed by atoms with Crippen LogP contribution in [0.3, 0.4) is 0 Å². The average molecular weight is 389 g/mol. The Bertz CT molecular complexity index is 954. The molecule has 29 heavy (non-hydrogen) atoms. The fraction of sp³-hybridized carbons (Fsp3) is 0.208. The molecule has 0 aliphatic heterocycles. The van der Waals surface area contributed by atoms with Gasteiger partial charge in [0.1, 0.15) is 24.7 Å². The van der Waals surface area contributed by atoms with Crippen LogP contribution in [0, 0.1) is 0 Å². The van der Waals surface area contributed by atoms with Crippen molar-refractivity contribution in [3.63, 3.8) is 0 Å². The van der Waals surface area contributed by atoms with E-state index < -0.39 is 0 Å². The Hall–Kier alpha value is -3.47. The maximum Gasteiger partial charge on any atom is 0.409 e. The van der Waals surface area contributed by atoms with Gasteiger partial charge in [-0.2, -0.15) is 0 Å². The monoisotopic (exact) mass is 389 g/mol. The lowest BCUT2D eigenvalue weighted by Crippen LogP contribution is -2.32. The molecule has 0 aromatic heterocycles. The summed E-state index contributed by atoms with van der Waals surface area (Å²) in [6.45, 7) is 1.04. The van der Waals surface area contributed by atoms with Crippen molar-refractivity contribution in [3.8, 4) is 22.6 Å². The summed E-state index contributed by atoms with van der Waals surface area (Å²) in [6, 6.07) is 23.0. The average Bonchev–Trinajstić information content (AvgIpc) is 3.07. The summed E-state index contributed by atoms with van der Waals surface area (Å²) >= 11 is 0. The molecule has 3 aromatic rings. The van der Waals surface area contributed by atoms with E-state index in [4.69, 9.17) is 9.47 Å². The Morgan fingerprint density at radius 3 is 2.14 bits per heavy atom. The number of rotatable bonds is 6. The molecule has 0 heterocycles. The molecule has 1 N–H and O–H groups in total. The molecular formula is C24H23NO4. The summed E-state index contributed by atoms with van der Waals surface area (Å²) in [7, 11) is 1.69. The van der Waals surface area contributed by atoms with E-state index in [2.05, 4.69) is 24.3 Å². The molecule has 0 bridgehead atoms. The van der Waals surface area contributed by atoms with E-state index in [0.717, 1.165) is 0 Å². The third kappa shape index (κ3) is 4.04. The van der Waals surface area contributed by atoms with Crippen molar-refractivity contribution >= 4 is 6.09 Å². The van der Waals surface area contributed by atoms with Crippen LogP contribution in [0.5, 0.6) is 11.5 Å². The molecule has 1 aliphatic rings. The SMILES string of the molecule is CN(CCOc1ccc(O)cc1)C(=O)OCC1c2ccccc2-c2ccccc21. The number of amides is 1. The third-order valence-electron chi connectivity index (χ3n) is 5.18. The number of carbonyl (C=O) groups is 1. The normalized spacial score (nSPS) is 12.2. The van der Waals surface area contributed by atoms with Gasteiger partial charge in [0.2, 0.25) is 0 Å². The van der Waals surface area contributed by atoms with Crippen LogP contribution in [0.2, 0.25) is 0 Å². The molecule has 4 rings (SSSR count). The second kappa shape index (κ2) is 8.27. The standard InChI is InChI=1S/C24H23NO4/c1-25(14-15-28-18-12-10-17(26)11-13-18)24(27)29-16-23-21-8-4-2-6-19(21)20-7-3-5-9-22(20)23/h2-13,23,26H,14-16H2,1H3. The summed E-state index contributed by atoms with van der Waals surface area (Å²) in [6.07, 6.45) is -0.374. The van der Waals surface area contributed by atoms with Gasteiger partial charge in [-0.3, -0.25) is 0 Å². The molecule has 0 radical (unpaired) electrons. The molecule has 0 unspecified atom stereocenters. The summed E-state index contributed by atoms with van der Waals surface area (Å²) in [5, 5.41) is 9.29. The van der Waals surface area contributed by atoms with Gasteiger partial charge in [0, 0.05) is 13.0 Å². The smallest absolute Gasteiger partial charge is 0.409 e. The number of aromatic hydroxyl groups is 1. The van der Waals surface area contributed by atoms with Gasteiger partial charge in [0.15, 0.2) is 0 Å². The number of carbonyl (C=O) groups excluding carboxylic acids is 1. The summed E-state index contributed by atoms with van der Waals surface area (Å²) in [4.78, 5) is 13.9. The molecule has 5 nitrogen and oxygen atoms in total. The van der Waals surface area contributed by atoms with Crippen molar-refractivity contribution in [3.05, 3.63) is 83.9 Å². The highest BCUT2D eigenvalue weighted by Crippen LogP contribution is 2.44. The van der Waals surface area contributed by atoms with Crippen molar-refractivity contribution in [1.82, 2.24) is 4.90 Å². The Labute approximate surface area is 170 Å². The molecule has 0 saturated heterocycles. The highest BCUT2D eigenvalue weighted by molar-refractivity contribution is 5.79. The van der Waals surface area contributed by atoms with Gasteiger partial charge in [-0.05, 0) is 46.5 Å². The topological polar surface area (TPSA) is 59.0 Å². The zero-order valence-corrected chi connectivity index (χ0v) is 16.2. The van der Waals surface area contributed by atoms with Crippen LogP contribution >= 0.6 is 0 Å². The van der Waals surface area contributed by atoms with Crippen LogP contribution in [0.1, 0.15) is 17.0 Å².